The van der Waals surface area contributed by atoms with Gasteiger partial charge in [0.1, 0.15) is 17.4 Å². The molecular weight excluding hydrogens is 334 g/mol. The number of para-hydroxylation sites is 1. The molecule has 0 aliphatic rings. The second-order valence-corrected chi connectivity index (χ2v) is 5.23. The molecular formula is C18H13N5O3. The molecule has 0 aliphatic heterocycles. The van der Waals surface area contributed by atoms with Crippen molar-refractivity contribution in [3.05, 3.63) is 81.7 Å². The van der Waals surface area contributed by atoms with Crippen molar-refractivity contribution in [2.24, 2.45) is 5.10 Å². The van der Waals surface area contributed by atoms with Crippen LogP contribution < -0.4 is 11.0 Å². The molecule has 0 aliphatic carbocycles. The maximum Gasteiger partial charge on any atom is 0.292 e. The van der Waals surface area contributed by atoms with Gasteiger partial charge in [0.2, 0.25) is 0 Å². The Bertz CT molecular complexity index is 1060. The predicted molar refractivity (Wildman–Crippen MR) is 93.1 cm³/mol. The number of hydrogen-bond acceptors (Lipinski definition) is 6. The fourth-order valence-electron chi connectivity index (χ4n) is 2.27. The number of carbonyl (C=O) groups excluding carboxylic acids is 1. The van der Waals surface area contributed by atoms with E-state index in [-0.39, 0.29) is 16.8 Å². The molecule has 26 heavy (non-hydrogen) atoms. The van der Waals surface area contributed by atoms with E-state index in [1.165, 1.54) is 19.4 Å². The van der Waals surface area contributed by atoms with E-state index in [4.69, 9.17) is 4.42 Å². The average molecular weight is 347 g/mol. The molecule has 0 spiro atoms. The van der Waals surface area contributed by atoms with Gasteiger partial charge in [0.25, 0.3) is 11.5 Å². The second kappa shape index (κ2) is 7.27. The fraction of sp³-hybridized carbons (Fsp3) is 0.0556. The van der Waals surface area contributed by atoms with Gasteiger partial charge >= 0.3 is 0 Å². The van der Waals surface area contributed by atoms with E-state index in [0.29, 0.717) is 11.4 Å². The lowest BCUT2D eigenvalue weighted by Crippen LogP contribution is -2.31. The van der Waals surface area contributed by atoms with E-state index >= 15 is 0 Å². The Balaban J connectivity index is 2.00. The zero-order valence-electron chi connectivity index (χ0n) is 13.7. The molecule has 0 radical (unpaired) electrons. The molecule has 0 unspecified atom stereocenters. The first-order valence-corrected chi connectivity index (χ1v) is 7.58. The molecule has 3 rings (SSSR count). The molecule has 8 heteroatoms. The number of rotatable bonds is 4. The van der Waals surface area contributed by atoms with Crippen molar-refractivity contribution in [3.63, 3.8) is 0 Å². The molecule has 2 heterocycles. The van der Waals surface area contributed by atoms with E-state index < -0.39 is 11.5 Å². The molecule has 0 bridgehead atoms. The highest BCUT2D eigenvalue weighted by atomic mass is 16.3. The van der Waals surface area contributed by atoms with Crippen molar-refractivity contribution in [1.82, 2.24) is 15.2 Å². The first kappa shape index (κ1) is 16.9. The predicted octanol–water partition coefficient (Wildman–Crippen LogP) is 1.77. The third-order valence-corrected chi connectivity index (χ3v) is 3.57. The summed E-state index contributed by atoms with van der Waals surface area (Å²) in [5.74, 6) is -0.187. The van der Waals surface area contributed by atoms with Gasteiger partial charge in [-0.05, 0) is 31.2 Å². The number of nitriles is 1. The second-order valence-electron chi connectivity index (χ2n) is 5.23. The van der Waals surface area contributed by atoms with Crippen LogP contribution in [0.15, 0.2) is 63.0 Å². The van der Waals surface area contributed by atoms with Crippen molar-refractivity contribution in [1.29, 1.82) is 5.26 Å². The van der Waals surface area contributed by atoms with Gasteiger partial charge in [-0.1, -0.05) is 18.2 Å². The number of aromatic nitrogens is 2. The molecule has 0 fully saturated rings. The maximum atomic E-state index is 12.5. The van der Waals surface area contributed by atoms with Crippen LogP contribution in [0.3, 0.4) is 0 Å². The Hall–Kier alpha value is -3.99. The van der Waals surface area contributed by atoms with Gasteiger partial charge in [-0.3, -0.25) is 9.59 Å². The van der Waals surface area contributed by atoms with Crippen LogP contribution >= 0.6 is 0 Å². The molecule has 2 aromatic heterocycles. The van der Waals surface area contributed by atoms with E-state index in [0.717, 1.165) is 4.68 Å². The zero-order chi connectivity index (χ0) is 18.5. The summed E-state index contributed by atoms with van der Waals surface area (Å²) in [6.07, 6.45) is 2.80. The van der Waals surface area contributed by atoms with Crippen molar-refractivity contribution in [2.75, 3.05) is 0 Å². The number of benzene rings is 1. The summed E-state index contributed by atoms with van der Waals surface area (Å²) in [6.45, 7) is 1.49. The summed E-state index contributed by atoms with van der Waals surface area (Å²) in [4.78, 5) is 24.9. The first-order chi connectivity index (χ1) is 12.6. The molecule has 8 nitrogen and oxygen atoms in total. The van der Waals surface area contributed by atoms with Crippen molar-refractivity contribution < 1.29 is 9.21 Å². The van der Waals surface area contributed by atoms with E-state index in [1.54, 1.807) is 42.5 Å². The Morgan fingerprint density at radius 2 is 2.08 bits per heavy atom. The first-order valence-electron chi connectivity index (χ1n) is 7.58. The monoisotopic (exact) mass is 347 g/mol. The number of amides is 1. The van der Waals surface area contributed by atoms with Crippen molar-refractivity contribution >= 4 is 12.1 Å². The normalized spacial score (nSPS) is 10.6. The number of nitrogens with zero attached hydrogens (tertiary/aromatic N) is 4. The molecule has 1 N–H and O–H groups in total. The molecule has 1 aromatic carbocycles. The highest BCUT2D eigenvalue weighted by molar-refractivity contribution is 5.94. The Morgan fingerprint density at radius 3 is 2.73 bits per heavy atom. The van der Waals surface area contributed by atoms with E-state index in [2.05, 4.69) is 15.6 Å². The molecule has 128 valence electrons. The molecule has 0 saturated heterocycles. The summed E-state index contributed by atoms with van der Waals surface area (Å²) in [5.41, 5.74) is 2.14. The van der Waals surface area contributed by atoms with Gasteiger partial charge in [-0.2, -0.15) is 20.1 Å². The zero-order valence-corrected chi connectivity index (χ0v) is 13.7. The minimum Gasteiger partial charge on any atom is -0.463 e. The van der Waals surface area contributed by atoms with E-state index in [1.807, 2.05) is 6.07 Å². The number of hydrogen-bond donors (Lipinski definition) is 1. The molecule has 0 saturated carbocycles. The van der Waals surface area contributed by atoms with Gasteiger partial charge in [0.05, 0.1) is 18.2 Å². The highest BCUT2D eigenvalue weighted by Crippen LogP contribution is 2.10. The number of nitrogens with one attached hydrogen (secondary N) is 1. The molecule has 0 atom stereocenters. The topological polar surface area (TPSA) is 113 Å². The standard InChI is InChI=1S/C18H13N5O3/c1-12-15(10-19)18(25)23(13-6-3-2-4-7-13)22-16(12)17(24)21-20-11-14-8-5-9-26-14/h2-9,11H,1H3,(H,21,24)/b20-11+. The van der Waals surface area contributed by atoms with Gasteiger partial charge < -0.3 is 4.42 Å². The van der Waals surface area contributed by atoms with Crippen molar-refractivity contribution in [3.8, 4) is 11.8 Å². The van der Waals surface area contributed by atoms with Gasteiger partial charge in [-0.25, -0.2) is 5.43 Å². The number of carbonyl (C=O) groups is 1. The Labute approximate surface area is 148 Å². The summed E-state index contributed by atoms with van der Waals surface area (Å²) < 4.78 is 6.09. The Morgan fingerprint density at radius 1 is 1.31 bits per heavy atom. The smallest absolute Gasteiger partial charge is 0.292 e. The number of furan rings is 1. The summed E-state index contributed by atoms with van der Waals surface area (Å²) in [7, 11) is 0. The lowest BCUT2D eigenvalue weighted by Gasteiger charge is -2.10. The fourth-order valence-corrected chi connectivity index (χ4v) is 2.27. The minimum absolute atomic E-state index is 0.0680. The molecule has 1 amide bonds. The van der Waals surface area contributed by atoms with Crippen LogP contribution in [0.1, 0.15) is 27.4 Å². The quantitative estimate of drug-likeness (QED) is 0.571. The molecule has 3 aromatic rings. The van der Waals surface area contributed by atoms with Gasteiger partial charge in [0, 0.05) is 5.56 Å². The van der Waals surface area contributed by atoms with Gasteiger partial charge in [-0.15, -0.1) is 0 Å². The van der Waals surface area contributed by atoms with Crippen LogP contribution in [0.2, 0.25) is 0 Å². The Kier molecular flexibility index (Phi) is 4.71. The lowest BCUT2D eigenvalue weighted by atomic mass is 10.1. The number of hydrazone groups is 1. The average Bonchev–Trinajstić information content (AvgIpc) is 3.16. The maximum absolute atomic E-state index is 12.5. The third-order valence-electron chi connectivity index (χ3n) is 3.57. The van der Waals surface area contributed by atoms with E-state index in [9.17, 15) is 14.9 Å². The lowest BCUT2D eigenvalue weighted by molar-refractivity contribution is 0.0947. The largest absolute Gasteiger partial charge is 0.463 e. The minimum atomic E-state index is -0.647. The SMILES string of the molecule is Cc1c(C(=O)N/N=C/c2ccco2)nn(-c2ccccc2)c(=O)c1C#N. The van der Waals surface area contributed by atoms with Crippen LogP contribution in [0.4, 0.5) is 0 Å². The summed E-state index contributed by atoms with van der Waals surface area (Å²) >= 11 is 0. The third kappa shape index (κ3) is 3.27. The van der Waals surface area contributed by atoms with Crippen LogP contribution in [0.25, 0.3) is 5.69 Å². The summed E-state index contributed by atoms with van der Waals surface area (Å²) in [5, 5.41) is 17.2. The van der Waals surface area contributed by atoms with Crippen LogP contribution in [-0.2, 0) is 0 Å². The summed E-state index contributed by atoms with van der Waals surface area (Å²) in [6, 6.07) is 13.7. The van der Waals surface area contributed by atoms with Gasteiger partial charge in [0.15, 0.2) is 5.69 Å². The highest BCUT2D eigenvalue weighted by Gasteiger charge is 2.19. The van der Waals surface area contributed by atoms with Crippen LogP contribution in [-0.4, -0.2) is 21.9 Å². The van der Waals surface area contributed by atoms with Crippen molar-refractivity contribution in [2.45, 2.75) is 6.92 Å². The van der Waals surface area contributed by atoms with Crippen LogP contribution in [0, 0.1) is 18.3 Å². The van der Waals surface area contributed by atoms with Crippen LogP contribution in [0.5, 0.6) is 0 Å².